The molecule has 138 valence electrons. The molecule has 2 rings (SSSR count). The zero-order valence-corrected chi connectivity index (χ0v) is 15.3. The first-order valence-electron chi connectivity index (χ1n) is 7.95. The van der Waals surface area contributed by atoms with Crippen LogP contribution in [0.3, 0.4) is 0 Å². The summed E-state index contributed by atoms with van der Waals surface area (Å²) in [5, 5.41) is 0. The van der Waals surface area contributed by atoms with Gasteiger partial charge in [-0.25, -0.2) is 13.2 Å². The highest BCUT2D eigenvalue weighted by Crippen LogP contribution is 2.23. The lowest BCUT2D eigenvalue weighted by Crippen LogP contribution is -2.31. The number of carbonyl (C=O) groups is 2. The summed E-state index contributed by atoms with van der Waals surface area (Å²) in [6.07, 6.45) is -1.07. The van der Waals surface area contributed by atoms with Gasteiger partial charge in [0.2, 0.25) is 0 Å². The molecule has 26 heavy (non-hydrogen) atoms. The summed E-state index contributed by atoms with van der Waals surface area (Å²) in [5.74, 6) is -1.52. The number of carbonyl (C=O) groups excluding carboxylic acids is 2. The smallest absolute Gasteiger partial charge is 0.338 e. The van der Waals surface area contributed by atoms with Gasteiger partial charge in [0.05, 0.1) is 16.1 Å². The normalized spacial score (nSPS) is 12.2. The third kappa shape index (κ3) is 4.20. The van der Waals surface area contributed by atoms with E-state index in [4.69, 9.17) is 10.5 Å². The molecule has 0 aliphatic rings. The molecule has 0 radical (unpaired) electrons. The van der Waals surface area contributed by atoms with Crippen LogP contribution in [0, 0.1) is 0 Å². The number of esters is 1. The van der Waals surface area contributed by atoms with Crippen LogP contribution in [0.1, 0.15) is 24.2 Å². The zero-order chi connectivity index (χ0) is 19.3. The van der Waals surface area contributed by atoms with Crippen molar-refractivity contribution < 1.29 is 22.7 Å². The van der Waals surface area contributed by atoms with E-state index in [1.54, 1.807) is 37.3 Å². The van der Waals surface area contributed by atoms with E-state index in [0.29, 0.717) is 5.69 Å². The van der Waals surface area contributed by atoms with E-state index in [0.717, 1.165) is 0 Å². The Morgan fingerprint density at radius 3 is 2.15 bits per heavy atom. The summed E-state index contributed by atoms with van der Waals surface area (Å²) >= 11 is 0. The molecule has 0 aromatic heterocycles. The van der Waals surface area contributed by atoms with Crippen LogP contribution in [0.15, 0.2) is 59.5 Å². The number of para-hydroxylation sites is 1. The maximum absolute atomic E-state index is 12.9. The van der Waals surface area contributed by atoms with Gasteiger partial charge < -0.3 is 10.5 Å². The summed E-state index contributed by atoms with van der Waals surface area (Å²) in [5.41, 5.74) is 5.72. The Hall–Kier alpha value is -2.87. The van der Waals surface area contributed by atoms with Crippen LogP contribution in [-0.2, 0) is 19.6 Å². The van der Waals surface area contributed by atoms with Gasteiger partial charge in [-0.1, -0.05) is 18.2 Å². The number of hydrogen-bond donors (Lipinski definition) is 1. The van der Waals surface area contributed by atoms with Gasteiger partial charge in [-0.3, -0.25) is 9.10 Å². The molecule has 1 amide bonds. The van der Waals surface area contributed by atoms with Gasteiger partial charge in [-0.2, -0.15) is 0 Å². The molecule has 0 spiro atoms. The highest BCUT2D eigenvalue weighted by atomic mass is 32.2. The van der Waals surface area contributed by atoms with E-state index in [1.807, 2.05) is 0 Å². The number of amides is 1. The number of nitrogens with zero attached hydrogens (tertiary/aromatic N) is 1. The average molecular weight is 376 g/mol. The molecular weight excluding hydrogens is 356 g/mol. The molecule has 0 aliphatic heterocycles. The number of primary amides is 1. The monoisotopic (exact) mass is 376 g/mol. The van der Waals surface area contributed by atoms with Crippen molar-refractivity contribution in [1.29, 1.82) is 0 Å². The van der Waals surface area contributed by atoms with E-state index in [9.17, 15) is 18.0 Å². The molecule has 7 nitrogen and oxygen atoms in total. The number of nitrogens with two attached hydrogens (primary N) is 1. The Kier molecular flexibility index (Phi) is 5.99. The zero-order valence-electron chi connectivity index (χ0n) is 14.5. The van der Waals surface area contributed by atoms with Gasteiger partial charge in [0, 0.05) is 6.54 Å². The minimum absolute atomic E-state index is 0.0442. The first kappa shape index (κ1) is 19.5. The Bertz CT molecular complexity index is 880. The molecule has 0 unspecified atom stereocenters. The van der Waals surface area contributed by atoms with E-state index in [2.05, 4.69) is 0 Å². The lowest BCUT2D eigenvalue weighted by atomic mass is 10.2. The second kappa shape index (κ2) is 8.01. The lowest BCUT2D eigenvalue weighted by Gasteiger charge is -2.23. The Morgan fingerprint density at radius 2 is 1.65 bits per heavy atom. The van der Waals surface area contributed by atoms with Crippen LogP contribution < -0.4 is 10.0 Å². The van der Waals surface area contributed by atoms with Crippen LogP contribution in [0.5, 0.6) is 0 Å². The van der Waals surface area contributed by atoms with Gasteiger partial charge in [0.25, 0.3) is 15.9 Å². The van der Waals surface area contributed by atoms with Gasteiger partial charge in [-0.15, -0.1) is 0 Å². The largest absolute Gasteiger partial charge is 0.449 e. The van der Waals surface area contributed by atoms with Crippen molar-refractivity contribution in [1.82, 2.24) is 0 Å². The fourth-order valence-electron chi connectivity index (χ4n) is 2.26. The van der Waals surface area contributed by atoms with Gasteiger partial charge >= 0.3 is 5.97 Å². The van der Waals surface area contributed by atoms with Crippen molar-refractivity contribution in [2.24, 2.45) is 5.73 Å². The van der Waals surface area contributed by atoms with E-state index in [-0.39, 0.29) is 17.0 Å². The molecule has 0 heterocycles. The van der Waals surface area contributed by atoms with E-state index < -0.39 is 28.0 Å². The molecule has 2 aromatic rings. The molecule has 2 aromatic carbocycles. The lowest BCUT2D eigenvalue weighted by molar-refractivity contribution is -0.125. The predicted molar refractivity (Wildman–Crippen MR) is 97.2 cm³/mol. The van der Waals surface area contributed by atoms with Gasteiger partial charge in [-0.05, 0) is 50.2 Å². The molecule has 8 heteroatoms. The maximum Gasteiger partial charge on any atom is 0.338 e. The molecule has 0 bridgehead atoms. The molecule has 0 saturated carbocycles. The Balaban J connectivity index is 2.26. The SMILES string of the molecule is CCN(c1ccccc1)S(=O)(=O)c1ccc(C(=O)O[C@@H](C)C(N)=O)cc1. The summed E-state index contributed by atoms with van der Waals surface area (Å²) in [7, 11) is -3.78. The summed E-state index contributed by atoms with van der Waals surface area (Å²) < 4.78 is 31.9. The first-order valence-corrected chi connectivity index (χ1v) is 9.39. The molecule has 2 N–H and O–H groups in total. The molecule has 0 fully saturated rings. The fraction of sp³-hybridized carbons (Fsp3) is 0.222. The van der Waals surface area contributed by atoms with E-state index >= 15 is 0 Å². The summed E-state index contributed by atoms with van der Waals surface area (Å²) in [4.78, 5) is 22.9. The highest BCUT2D eigenvalue weighted by Gasteiger charge is 2.24. The fourth-order valence-corrected chi connectivity index (χ4v) is 3.74. The van der Waals surface area contributed by atoms with Crippen LogP contribution in [0.25, 0.3) is 0 Å². The van der Waals surface area contributed by atoms with Crippen molar-refractivity contribution in [3.63, 3.8) is 0 Å². The van der Waals surface area contributed by atoms with Gasteiger partial charge in [0.15, 0.2) is 6.10 Å². The van der Waals surface area contributed by atoms with Crippen LogP contribution >= 0.6 is 0 Å². The minimum Gasteiger partial charge on any atom is -0.449 e. The van der Waals surface area contributed by atoms with Crippen molar-refractivity contribution in [2.75, 3.05) is 10.8 Å². The Morgan fingerprint density at radius 1 is 1.08 bits per heavy atom. The van der Waals surface area contributed by atoms with E-state index in [1.165, 1.54) is 35.5 Å². The van der Waals surface area contributed by atoms with Crippen LogP contribution in [-0.4, -0.2) is 32.9 Å². The quantitative estimate of drug-likeness (QED) is 0.743. The summed E-state index contributed by atoms with van der Waals surface area (Å²) in [6, 6.07) is 14.1. The van der Waals surface area contributed by atoms with Crippen molar-refractivity contribution >= 4 is 27.6 Å². The number of benzene rings is 2. The topological polar surface area (TPSA) is 107 Å². The molecular formula is C18H20N2O5S. The number of anilines is 1. The van der Waals surface area contributed by atoms with Crippen LogP contribution in [0.4, 0.5) is 5.69 Å². The molecule has 1 atom stereocenters. The minimum atomic E-state index is -3.78. The molecule has 0 saturated heterocycles. The maximum atomic E-state index is 12.9. The van der Waals surface area contributed by atoms with Gasteiger partial charge in [0.1, 0.15) is 0 Å². The number of rotatable bonds is 7. The first-order chi connectivity index (χ1) is 12.3. The second-order valence-electron chi connectivity index (χ2n) is 5.48. The van der Waals surface area contributed by atoms with Crippen LogP contribution in [0.2, 0.25) is 0 Å². The second-order valence-corrected chi connectivity index (χ2v) is 7.34. The average Bonchev–Trinajstić information content (AvgIpc) is 2.63. The number of sulfonamides is 1. The number of ether oxygens (including phenoxy) is 1. The third-order valence-corrected chi connectivity index (χ3v) is 5.61. The highest BCUT2D eigenvalue weighted by molar-refractivity contribution is 7.92. The van der Waals surface area contributed by atoms with Crippen molar-refractivity contribution in [2.45, 2.75) is 24.8 Å². The van der Waals surface area contributed by atoms with Crippen molar-refractivity contribution in [3.05, 3.63) is 60.2 Å². The molecule has 0 aliphatic carbocycles. The standard InChI is InChI=1S/C18H20N2O5S/c1-3-20(15-7-5-4-6-8-15)26(23,24)16-11-9-14(10-12-16)18(22)25-13(2)17(19)21/h4-13H,3H2,1-2H3,(H2,19,21)/t13-/m0/s1. The third-order valence-electron chi connectivity index (χ3n) is 3.69. The Labute approximate surface area is 152 Å². The summed E-state index contributed by atoms with van der Waals surface area (Å²) in [6.45, 7) is 3.35. The number of hydrogen-bond acceptors (Lipinski definition) is 5. The van der Waals surface area contributed by atoms with Crippen molar-refractivity contribution in [3.8, 4) is 0 Å². The predicted octanol–water partition coefficient (Wildman–Crippen LogP) is 1.93.